The molecule has 1 unspecified atom stereocenters. The lowest BCUT2D eigenvalue weighted by Crippen LogP contribution is -2.55. The lowest BCUT2D eigenvalue weighted by atomic mass is 10.1. The molecule has 28 heavy (non-hydrogen) atoms. The zero-order chi connectivity index (χ0) is 19.1. The largest absolute Gasteiger partial charge is 0.489 e. The monoisotopic (exact) mass is 406 g/mol. The molecule has 3 atom stereocenters. The Bertz CT molecular complexity index is 744. The zero-order valence-electron chi connectivity index (χ0n) is 15.8. The highest BCUT2D eigenvalue weighted by Crippen LogP contribution is 2.20. The van der Waals surface area contributed by atoms with Crippen LogP contribution in [-0.4, -0.2) is 42.9 Å². The molecule has 0 aromatic heterocycles. The van der Waals surface area contributed by atoms with Gasteiger partial charge in [-0.2, -0.15) is 0 Å². The summed E-state index contributed by atoms with van der Waals surface area (Å²) < 4.78 is 11.3. The number of aliphatic hydroxyl groups excluding tert-OH is 1. The maximum Gasteiger partial charge on any atom is 0.239 e. The molecule has 0 aliphatic carbocycles. The van der Waals surface area contributed by atoms with Crippen LogP contribution >= 0.6 is 12.4 Å². The SMILES string of the molecule is C[C@H]1OCCN[C@@H]1C(=O)NCC(O)c1cccc(OCc2ccccc2)c1.Cl. The van der Waals surface area contributed by atoms with Crippen molar-refractivity contribution < 1.29 is 19.4 Å². The molecule has 152 valence electrons. The maximum absolute atomic E-state index is 12.3. The van der Waals surface area contributed by atoms with Crippen LogP contribution in [0.2, 0.25) is 0 Å². The molecule has 1 amide bonds. The molecule has 0 bridgehead atoms. The van der Waals surface area contributed by atoms with Crippen LogP contribution in [0.3, 0.4) is 0 Å². The number of halogens is 1. The standard InChI is InChI=1S/C21H26N2O4.ClH/c1-15-20(22-10-11-26-15)21(25)23-13-19(24)17-8-5-9-18(12-17)27-14-16-6-3-2-4-7-16;/h2-9,12,15,19-20,22,24H,10-11,13-14H2,1H3,(H,23,25);1H/t15-,19?,20+;/m1./s1. The molecule has 2 aromatic rings. The molecule has 0 saturated carbocycles. The highest BCUT2D eigenvalue weighted by molar-refractivity contribution is 5.85. The van der Waals surface area contributed by atoms with E-state index < -0.39 is 12.1 Å². The summed E-state index contributed by atoms with van der Waals surface area (Å²) in [4.78, 5) is 12.3. The van der Waals surface area contributed by atoms with Gasteiger partial charge in [-0.15, -0.1) is 12.4 Å². The van der Waals surface area contributed by atoms with E-state index in [1.54, 1.807) is 6.07 Å². The number of hydrogen-bond acceptors (Lipinski definition) is 5. The minimum Gasteiger partial charge on any atom is -0.489 e. The molecular formula is C21H27ClN2O4. The average molecular weight is 407 g/mol. The van der Waals surface area contributed by atoms with E-state index in [2.05, 4.69) is 10.6 Å². The van der Waals surface area contributed by atoms with Crippen molar-refractivity contribution in [3.63, 3.8) is 0 Å². The van der Waals surface area contributed by atoms with E-state index in [4.69, 9.17) is 9.47 Å². The van der Waals surface area contributed by atoms with Gasteiger partial charge < -0.3 is 25.2 Å². The van der Waals surface area contributed by atoms with E-state index in [0.29, 0.717) is 31.1 Å². The molecule has 1 aliphatic heterocycles. The Morgan fingerprint density at radius 1 is 1.29 bits per heavy atom. The molecule has 1 aliphatic rings. The van der Waals surface area contributed by atoms with Gasteiger partial charge in [-0.1, -0.05) is 42.5 Å². The number of rotatable bonds is 7. The summed E-state index contributed by atoms with van der Waals surface area (Å²) in [7, 11) is 0. The highest BCUT2D eigenvalue weighted by Gasteiger charge is 2.28. The second-order valence-electron chi connectivity index (χ2n) is 6.62. The van der Waals surface area contributed by atoms with Gasteiger partial charge >= 0.3 is 0 Å². The van der Waals surface area contributed by atoms with E-state index in [0.717, 1.165) is 5.56 Å². The van der Waals surface area contributed by atoms with Crippen molar-refractivity contribution in [2.75, 3.05) is 19.7 Å². The maximum atomic E-state index is 12.3. The van der Waals surface area contributed by atoms with Gasteiger partial charge in [0.2, 0.25) is 5.91 Å². The molecule has 1 fully saturated rings. The third-order valence-electron chi connectivity index (χ3n) is 4.56. The van der Waals surface area contributed by atoms with Gasteiger partial charge in [-0.25, -0.2) is 0 Å². The summed E-state index contributed by atoms with van der Waals surface area (Å²) in [6, 6.07) is 16.8. The van der Waals surface area contributed by atoms with Gasteiger partial charge in [0.15, 0.2) is 0 Å². The number of benzene rings is 2. The van der Waals surface area contributed by atoms with E-state index in [9.17, 15) is 9.90 Å². The van der Waals surface area contributed by atoms with Crippen LogP contribution in [0.4, 0.5) is 0 Å². The number of ether oxygens (including phenoxy) is 2. The van der Waals surface area contributed by atoms with Crippen LogP contribution in [0.5, 0.6) is 5.75 Å². The highest BCUT2D eigenvalue weighted by atomic mass is 35.5. The Morgan fingerprint density at radius 3 is 2.82 bits per heavy atom. The van der Waals surface area contributed by atoms with Gasteiger partial charge in [-0.3, -0.25) is 4.79 Å². The minimum absolute atomic E-state index is 0. The summed E-state index contributed by atoms with van der Waals surface area (Å²) in [6.45, 7) is 3.70. The summed E-state index contributed by atoms with van der Waals surface area (Å²) in [6.07, 6.45) is -1.00. The van der Waals surface area contributed by atoms with Crippen LogP contribution in [0, 0.1) is 0 Å². The van der Waals surface area contributed by atoms with Crippen molar-refractivity contribution in [2.45, 2.75) is 31.8 Å². The molecule has 3 N–H and O–H groups in total. The van der Waals surface area contributed by atoms with Crippen LogP contribution in [-0.2, 0) is 16.1 Å². The number of hydrogen-bond donors (Lipinski definition) is 3. The number of aliphatic hydroxyl groups is 1. The second-order valence-corrected chi connectivity index (χ2v) is 6.62. The Kier molecular flexibility index (Phi) is 8.73. The first kappa shape index (κ1) is 22.2. The van der Waals surface area contributed by atoms with Gasteiger partial charge in [0.25, 0.3) is 0 Å². The minimum atomic E-state index is -0.811. The lowest BCUT2D eigenvalue weighted by Gasteiger charge is -2.29. The van der Waals surface area contributed by atoms with Gasteiger partial charge in [0.1, 0.15) is 18.4 Å². The van der Waals surface area contributed by atoms with Crippen molar-refractivity contribution in [3.05, 3.63) is 65.7 Å². The van der Waals surface area contributed by atoms with Crippen molar-refractivity contribution in [3.8, 4) is 5.75 Å². The molecule has 3 rings (SSSR count). The molecular weight excluding hydrogens is 380 g/mol. The quantitative estimate of drug-likeness (QED) is 0.657. The topological polar surface area (TPSA) is 79.8 Å². The third kappa shape index (κ3) is 6.21. The van der Waals surface area contributed by atoms with Gasteiger partial charge in [0, 0.05) is 13.1 Å². The number of nitrogens with one attached hydrogen (secondary N) is 2. The van der Waals surface area contributed by atoms with Crippen LogP contribution in [0.25, 0.3) is 0 Å². The molecule has 1 saturated heterocycles. The summed E-state index contributed by atoms with van der Waals surface area (Å²) in [5.41, 5.74) is 1.77. The van der Waals surface area contributed by atoms with Gasteiger partial charge in [0.05, 0.1) is 18.8 Å². The van der Waals surface area contributed by atoms with Crippen LogP contribution in [0.15, 0.2) is 54.6 Å². The first-order valence-corrected chi connectivity index (χ1v) is 9.21. The second kappa shape index (κ2) is 11.0. The fraction of sp³-hybridized carbons (Fsp3) is 0.381. The van der Waals surface area contributed by atoms with Crippen molar-refractivity contribution >= 4 is 18.3 Å². The summed E-state index contributed by atoms with van der Waals surface area (Å²) >= 11 is 0. The van der Waals surface area contributed by atoms with Crippen molar-refractivity contribution in [1.29, 1.82) is 0 Å². The lowest BCUT2D eigenvalue weighted by molar-refractivity contribution is -0.129. The average Bonchev–Trinajstić information content (AvgIpc) is 2.71. The summed E-state index contributed by atoms with van der Waals surface area (Å²) in [5, 5.41) is 16.3. The summed E-state index contributed by atoms with van der Waals surface area (Å²) in [5.74, 6) is 0.510. The third-order valence-corrected chi connectivity index (χ3v) is 4.56. The zero-order valence-corrected chi connectivity index (χ0v) is 16.7. The first-order chi connectivity index (χ1) is 13.1. The predicted octanol–water partition coefficient (Wildman–Crippen LogP) is 2.21. The van der Waals surface area contributed by atoms with E-state index in [1.807, 2.05) is 55.5 Å². The smallest absolute Gasteiger partial charge is 0.239 e. The number of carbonyl (C=O) groups is 1. The van der Waals surface area contributed by atoms with Crippen molar-refractivity contribution in [2.24, 2.45) is 0 Å². The van der Waals surface area contributed by atoms with E-state index >= 15 is 0 Å². The van der Waals surface area contributed by atoms with E-state index in [1.165, 1.54) is 0 Å². The normalized spacial score (nSPS) is 19.9. The number of morpholine rings is 1. The predicted molar refractivity (Wildman–Crippen MR) is 110 cm³/mol. The molecule has 0 spiro atoms. The molecule has 6 nitrogen and oxygen atoms in total. The van der Waals surface area contributed by atoms with Crippen molar-refractivity contribution in [1.82, 2.24) is 10.6 Å². The number of amides is 1. The Morgan fingerprint density at radius 2 is 2.07 bits per heavy atom. The molecule has 7 heteroatoms. The molecule has 2 aromatic carbocycles. The first-order valence-electron chi connectivity index (χ1n) is 9.21. The van der Waals surface area contributed by atoms with Crippen LogP contribution in [0.1, 0.15) is 24.2 Å². The molecule has 0 radical (unpaired) electrons. The Labute approximate surface area is 171 Å². The Balaban J connectivity index is 0.00000280. The van der Waals surface area contributed by atoms with E-state index in [-0.39, 0.29) is 31.0 Å². The fourth-order valence-corrected chi connectivity index (χ4v) is 3.00. The van der Waals surface area contributed by atoms with Crippen LogP contribution < -0.4 is 15.4 Å². The fourth-order valence-electron chi connectivity index (χ4n) is 3.00. The number of carbonyl (C=O) groups excluding carboxylic acids is 1. The molecule has 1 heterocycles. The van der Waals surface area contributed by atoms with Gasteiger partial charge in [-0.05, 0) is 30.2 Å². The Hall–Kier alpha value is -2.12.